The molecule has 0 saturated carbocycles. The van der Waals surface area contributed by atoms with E-state index in [4.69, 9.17) is 15.2 Å². The second kappa shape index (κ2) is 8.77. The maximum Gasteiger partial charge on any atom is 0.255 e. The topological polar surface area (TPSA) is 76.8 Å². The van der Waals surface area contributed by atoms with Gasteiger partial charge < -0.3 is 25.4 Å². The molecule has 3 N–H and O–H groups in total. The molecule has 6 heteroatoms. The molecule has 1 amide bonds. The van der Waals surface area contributed by atoms with Crippen molar-refractivity contribution in [1.82, 2.24) is 0 Å². The Hall–Kier alpha value is -2.73. The Bertz CT molecular complexity index is 801. The van der Waals surface area contributed by atoms with Gasteiger partial charge >= 0.3 is 0 Å². The van der Waals surface area contributed by atoms with Gasteiger partial charge in [0, 0.05) is 24.3 Å². The van der Waals surface area contributed by atoms with Gasteiger partial charge in [-0.3, -0.25) is 4.79 Å². The number of benzene rings is 2. The first-order valence-electron chi connectivity index (χ1n) is 9.35. The highest BCUT2D eigenvalue weighted by Gasteiger charge is 2.17. The predicted molar refractivity (Wildman–Crippen MR) is 109 cm³/mol. The molecular formula is C21H27N3O3. The molecule has 0 radical (unpaired) electrons. The third-order valence-electron chi connectivity index (χ3n) is 4.54. The first kappa shape index (κ1) is 19.0. The number of ether oxygens (including phenoxy) is 2. The molecule has 1 aliphatic rings. The van der Waals surface area contributed by atoms with Crippen LogP contribution in [0, 0.1) is 6.92 Å². The number of nitrogens with one attached hydrogen (secondary N) is 1. The second-order valence-electron chi connectivity index (χ2n) is 6.66. The van der Waals surface area contributed by atoms with Crippen molar-refractivity contribution in [2.45, 2.75) is 20.3 Å². The van der Waals surface area contributed by atoms with E-state index in [0.29, 0.717) is 36.8 Å². The number of hydrogen-bond acceptors (Lipinski definition) is 5. The van der Waals surface area contributed by atoms with E-state index in [9.17, 15) is 4.79 Å². The minimum atomic E-state index is -0.169. The highest BCUT2D eigenvalue weighted by Crippen LogP contribution is 2.31. The van der Waals surface area contributed by atoms with Crippen LogP contribution in [-0.4, -0.2) is 38.8 Å². The molecule has 0 atom stereocenters. The summed E-state index contributed by atoms with van der Waals surface area (Å²) in [7, 11) is 0. The molecule has 1 fully saturated rings. The summed E-state index contributed by atoms with van der Waals surface area (Å²) in [5.74, 6) is 0.533. The monoisotopic (exact) mass is 369 g/mol. The number of hydrogen-bond donors (Lipinski definition) is 2. The molecule has 3 rings (SSSR count). The van der Waals surface area contributed by atoms with E-state index in [-0.39, 0.29) is 5.91 Å². The van der Waals surface area contributed by atoms with Crippen LogP contribution in [0.2, 0.25) is 0 Å². The summed E-state index contributed by atoms with van der Waals surface area (Å²) >= 11 is 0. The van der Waals surface area contributed by atoms with Crippen molar-refractivity contribution in [3.05, 3.63) is 47.5 Å². The molecule has 0 bridgehead atoms. The molecule has 0 aliphatic carbocycles. The molecule has 0 spiro atoms. The fourth-order valence-corrected chi connectivity index (χ4v) is 3.07. The third-order valence-corrected chi connectivity index (χ3v) is 4.54. The number of nitrogens with zero attached hydrogens (tertiary/aromatic N) is 1. The molecule has 2 aromatic carbocycles. The van der Waals surface area contributed by atoms with Crippen LogP contribution in [0.15, 0.2) is 36.4 Å². The number of nitrogen functional groups attached to an aromatic ring is 1. The Morgan fingerprint density at radius 1 is 1.26 bits per heavy atom. The van der Waals surface area contributed by atoms with E-state index < -0.39 is 0 Å². The van der Waals surface area contributed by atoms with Crippen molar-refractivity contribution in [3.63, 3.8) is 0 Å². The van der Waals surface area contributed by atoms with Crippen LogP contribution in [0.3, 0.4) is 0 Å². The summed E-state index contributed by atoms with van der Waals surface area (Å²) in [6.45, 7) is 7.56. The number of morpholine rings is 1. The van der Waals surface area contributed by atoms with E-state index in [1.165, 1.54) is 0 Å². The summed E-state index contributed by atoms with van der Waals surface area (Å²) in [6.07, 6.45) is 0.922. The van der Waals surface area contributed by atoms with E-state index in [0.717, 1.165) is 36.4 Å². The van der Waals surface area contributed by atoms with Gasteiger partial charge in [0.25, 0.3) is 5.91 Å². The number of carbonyl (C=O) groups is 1. The van der Waals surface area contributed by atoms with Crippen LogP contribution in [0.4, 0.5) is 17.1 Å². The fourth-order valence-electron chi connectivity index (χ4n) is 3.07. The Morgan fingerprint density at radius 2 is 2.04 bits per heavy atom. The smallest absolute Gasteiger partial charge is 0.255 e. The third kappa shape index (κ3) is 4.71. The first-order valence-corrected chi connectivity index (χ1v) is 9.35. The molecule has 0 unspecified atom stereocenters. The standard InChI is InChI=1S/C21H27N3O3/c1-3-9-27-17-6-4-5-16(13-17)21(25)23-19-14-20(18(22)12-15(19)2)24-7-10-26-11-8-24/h4-6,12-14H,3,7-11,22H2,1-2H3,(H,23,25). The van der Waals surface area contributed by atoms with E-state index in [1.807, 2.05) is 38.1 Å². The average molecular weight is 369 g/mol. The zero-order valence-corrected chi connectivity index (χ0v) is 16.0. The average Bonchev–Trinajstić information content (AvgIpc) is 2.69. The van der Waals surface area contributed by atoms with Crippen molar-refractivity contribution < 1.29 is 14.3 Å². The largest absolute Gasteiger partial charge is 0.494 e. The Balaban J connectivity index is 1.79. The maximum atomic E-state index is 12.7. The number of amides is 1. The van der Waals surface area contributed by atoms with Crippen molar-refractivity contribution in [3.8, 4) is 5.75 Å². The molecular weight excluding hydrogens is 342 g/mol. The van der Waals surface area contributed by atoms with Gasteiger partial charge in [-0.25, -0.2) is 0 Å². The Morgan fingerprint density at radius 3 is 2.78 bits per heavy atom. The van der Waals surface area contributed by atoms with Crippen LogP contribution < -0.4 is 20.7 Å². The number of anilines is 3. The van der Waals surface area contributed by atoms with Gasteiger partial charge in [-0.15, -0.1) is 0 Å². The van der Waals surface area contributed by atoms with Gasteiger partial charge in [0.05, 0.1) is 31.2 Å². The SMILES string of the molecule is CCCOc1cccc(C(=O)Nc2cc(N3CCOCC3)c(N)cc2C)c1. The number of carbonyl (C=O) groups excluding carboxylic acids is 1. The van der Waals surface area contributed by atoms with Crippen molar-refractivity contribution in [2.24, 2.45) is 0 Å². The second-order valence-corrected chi connectivity index (χ2v) is 6.66. The van der Waals surface area contributed by atoms with Crippen molar-refractivity contribution in [1.29, 1.82) is 0 Å². The van der Waals surface area contributed by atoms with Crippen LogP contribution in [0.25, 0.3) is 0 Å². The zero-order chi connectivity index (χ0) is 19.2. The highest BCUT2D eigenvalue weighted by molar-refractivity contribution is 6.05. The summed E-state index contributed by atoms with van der Waals surface area (Å²) in [5, 5.41) is 3.01. The molecule has 6 nitrogen and oxygen atoms in total. The molecule has 27 heavy (non-hydrogen) atoms. The molecule has 1 heterocycles. The molecule has 2 aromatic rings. The Labute approximate surface area is 160 Å². The summed E-state index contributed by atoms with van der Waals surface area (Å²) < 4.78 is 11.0. The fraction of sp³-hybridized carbons (Fsp3) is 0.381. The predicted octanol–water partition coefficient (Wildman–Crippen LogP) is 3.45. The highest BCUT2D eigenvalue weighted by atomic mass is 16.5. The van der Waals surface area contributed by atoms with Gasteiger partial charge in [-0.1, -0.05) is 13.0 Å². The normalized spacial score (nSPS) is 14.1. The molecule has 1 aliphatic heterocycles. The maximum absolute atomic E-state index is 12.7. The summed E-state index contributed by atoms with van der Waals surface area (Å²) in [5.41, 5.74) is 10.1. The Kier molecular flexibility index (Phi) is 6.19. The zero-order valence-electron chi connectivity index (χ0n) is 16.0. The van der Waals surface area contributed by atoms with Gasteiger partial charge in [0.1, 0.15) is 5.75 Å². The minimum absolute atomic E-state index is 0.169. The van der Waals surface area contributed by atoms with Gasteiger partial charge in [-0.2, -0.15) is 0 Å². The summed E-state index contributed by atoms with van der Waals surface area (Å²) in [4.78, 5) is 14.9. The lowest BCUT2D eigenvalue weighted by Crippen LogP contribution is -2.36. The van der Waals surface area contributed by atoms with Crippen LogP contribution >= 0.6 is 0 Å². The van der Waals surface area contributed by atoms with E-state index >= 15 is 0 Å². The van der Waals surface area contributed by atoms with Gasteiger partial charge in [-0.05, 0) is 49.2 Å². The van der Waals surface area contributed by atoms with E-state index in [2.05, 4.69) is 10.2 Å². The lowest BCUT2D eigenvalue weighted by atomic mass is 10.1. The lowest BCUT2D eigenvalue weighted by molar-refractivity contribution is 0.102. The van der Waals surface area contributed by atoms with E-state index in [1.54, 1.807) is 12.1 Å². The van der Waals surface area contributed by atoms with Crippen molar-refractivity contribution in [2.75, 3.05) is 48.9 Å². The number of aryl methyl sites for hydroxylation is 1. The molecule has 144 valence electrons. The van der Waals surface area contributed by atoms with Crippen LogP contribution in [0.1, 0.15) is 29.3 Å². The minimum Gasteiger partial charge on any atom is -0.494 e. The van der Waals surface area contributed by atoms with Crippen molar-refractivity contribution >= 4 is 23.0 Å². The van der Waals surface area contributed by atoms with Crippen LogP contribution in [-0.2, 0) is 4.74 Å². The van der Waals surface area contributed by atoms with Gasteiger partial charge in [0.2, 0.25) is 0 Å². The first-order chi connectivity index (χ1) is 13.1. The van der Waals surface area contributed by atoms with Crippen LogP contribution in [0.5, 0.6) is 5.75 Å². The lowest BCUT2D eigenvalue weighted by Gasteiger charge is -2.30. The quantitative estimate of drug-likeness (QED) is 0.763. The molecule has 1 saturated heterocycles. The molecule has 0 aromatic heterocycles. The number of rotatable bonds is 6. The number of nitrogens with two attached hydrogens (primary N) is 1. The summed E-state index contributed by atoms with van der Waals surface area (Å²) in [6, 6.07) is 11.1. The van der Waals surface area contributed by atoms with Gasteiger partial charge in [0.15, 0.2) is 0 Å².